The molecule has 0 bridgehead atoms. The highest BCUT2D eigenvalue weighted by Crippen LogP contribution is 2.35. The molecule has 3 rings (SSSR count). The molecule has 0 fully saturated rings. The zero-order valence-electron chi connectivity index (χ0n) is 14.1. The van der Waals surface area contributed by atoms with E-state index in [1.165, 1.54) is 30.3 Å². The van der Waals surface area contributed by atoms with E-state index in [0.717, 1.165) is 6.26 Å². The van der Waals surface area contributed by atoms with Gasteiger partial charge in [0.15, 0.2) is 5.76 Å². The average Bonchev–Trinajstić information content (AvgIpc) is 2.97. The summed E-state index contributed by atoms with van der Waals surface area (Å²) in [5.74, 6) is -1.65. The number of carboxylic acids is 1. The number of benzene rings is 2. The molecular weight excluding hydrogens is 375 g/mol. The van der Waals surface area contributed by atoms with Crippen LogP contribution in [0.2, 0.25) is 0 Å². The zero-order chi connectivity index (χ0) is 19.6. The van der Waals surface area contributed by atoms with Gasteiger partial charge in [-0.05, 0) is 36.4 Å². The summed E-state index contributed by atoms with van der Waals surface area (Å²) in [7, 11) is -3.58. The van der Waals surface area contributed by atoms with E-state index in [4.69, 9.17) is 4.42 Å². The van der Waals surface area contributed by atoms with Gasteiger partial charge in [-0.15, -0.1) is 0 Å². The Hall–Kier alpha value is -3.20. The van der Waals surface area contributed by atoms with E-state index >= 15 is 0 Å². The van der Waals surface area contributed by atoms with Crippen molar-refractivity contribution in [1.82, 2.24) is 4.98 Å². The maximum absolute atomic E-state index is 13.1. The van der Waals surface area contributed by atoms with E-state index in [0.29, 0.717) is 11.1 Å². The average molecular weight is 389 g/mol. The second-order valence-electron chi connectivity index (χ2n) is 5.77. The van der Waals surface area contributed by atoms with Gasteiger partial charge in [-0.2, -0.15) is 0 Å². The molecule has 0 amide bonds. The number of hydrogen-bond donors (Lipinski definition) is 1. The molecule has 0 unspecified atom stereocenters. The van der Waals surface area contributed by atoms with Crippen molar-refractivity contribution in [3.8, 4) is 22.8 Å². The summed E-state index contributed by atoms with van der Waals surface area (Å²) in [6.07, 6.45) is 0.462. The Kier molecular flexibility index (Phi) is 4.95. The molecule has 9 heteroatoms. The number of halogens is 1. The monoisotopic (exact) mass is 389 g/mol. The number of carbonyl (C=O) groups excluding carboxylic acids is 1. The molecule has 0 spiro atoms. The minimum atomic E-state index is -3.58. The van der Waals surface area contributed by atoms with Crippen LogP contribution in [0.3, 0.4) is 0 Å². The maximum atomic E-state index is 13.1. The van der Waals surface area contributed by atoms with Gasteiger partial charge < -0.3 is 14.3 Å². The van der Waals surface area contributed by atoms with Crippen LogP contribution in [0.4, 0.5) is 10.1 Å². The third-order valence-corrected chi connectivity index (χ3v) is 4.16. The Morgan fingerprint density at radius 1 is 1.19 bits per heavy atom. The number of nitrogens with one attached hydrogen (secondary N) is 1. The molecule has 1 N–H and O–H groups in total. The number of carbonyl (C=O) groups is 1. The van der Waals surface area contributed by atoms with Gasteiger partial charge in [0.25, 0.3) is 0 Å². The number of aromatic nitrogens is 1. The van der Waals surface area contributed by atoms with E-state index in [1.807, 2.05) is 0 Å². The van der Waals surface area contributed by atoms with Gasteiger partial charge in [-0.3, -0.25) is 4.72 Å². The summed E-state index contributed by atoms with van der Waals surface area (Å²) in [4.78, 5) is 15.3. The van der Waals surface area contributed by atoms with E-state index in [-0.39, 0.29) is 23.0 Å². The van der Waals surface area contributed by atoms with E-state index in [9.17, 15) is 22.7 Å². The lowest BCUT2D eigenvalue weighted by Gasteiger charge is -2.10. The summed E-state index contributed by atoms with van der Waals surface area (Å²) in [5.41, 5.74) is 1.04. The standard InChI is InChI=1S/C18H15FN2O5S/c1-27(24,25)21-14-5-3-2-4-13(14)17-15(10-16(22)23)20-18(26-17)11-6-8-12(19)9-7-11/h2-9,21H,10H2,1H3,(H,22,23)/p-1. The number of oxazole rings is 1. The number of para-hydroxylation sites is 1. The Labute approximate surface area is 154 Å². The molecule has 0 aliphatic heterocycles. The molecule has 7 nitrogen and oxygen atoms in total. The number of sulfonamides is 1. The molecule has 0 radical (unpaired) electrons. The highest BCUT2D eigenvalue weighted by molar-refractivity contribution is 7.92. The minimum Gasteiger partial charge on any atom is -0.550 e. The summed E-state index contributed by atoms with van der Waals surface area (Å²) in [5, 5.41) is 11.1. The van der Waals surface area contributed by atoms with Gasteiger partial charge in [-0.25, -0.2) is 17.8 Å². The predicted octanol–water partition coefficient (Wildman–Crippen LogP) is 1.81. The maximum Gasteiger partial charge on any atom is 0.229 e. The Bertz CT molecular complexity index is 1090. The lowest BCUT2D eigenvalue weighted by Crippen LogP contribution is -2.24. The fraction of sp³-hybridized carbons (Fsp3) is 0.111. The fourth-order valence-corrected chi connectivity index (χ4v) is 3.08. The van der Waals surface area contributed by atoms with Crippen LogP contribution in [-0.4, -0.2) is 25.6 Å². The van der Waals surface area contributed by atoms with Crippen LogP contribution in [0.1, 0.15) is 5.69 Å². The van der Waals surface area contributed by atoms with Crippen molar-refractivity contribution in [2.45, 2.75) is 6.42 Å². The van der Waals surface area contributed by atoms with Gasteiger partial charge in [0.1, 0.15) is 5.82 Å². The molecule has 0 atom stereocenters. The summed E-state index contributed by atoms with van der Waals surface area (Å²) >= 11 is 0. The molecular formula is C18H14FN2O5S-. The predicted molar refractivity (Wildman–Crippen MR) is 94.5 cm³/mol. The van der Waals surface area contributed by atoms with Crippen LogP contribution in [-0.2, 0) is 21.2 Å². The molecule has 2 aromatic carbocycles. The van der Waals surface area contributed by atoms with E-state index in [2.05, 4.69) is 9.71 Å². The van der Waals surface area contributed by atoms with Crippen molar-refractivity contribution >= 4 is 21.7 Å². The largest absolute Gasteiger partial charge is 0.550 e. The van der Waals surface area contributed by atoms with Crippen molar-refractivity contribution in [3.05, 3.63) is 60.0 Å². The summed E-state index contributed by atoms with van der Waals surface area (Å²) < 4.78 is 44.4. The van der Waals surface area contributed by atoms with Crippen LogP contribution < -0.4 is 9.83 Å². The van der Waals surface area contributed by atoms with Crippen LogP contribution in [0.15, 0.2) is 52.9 Å². The Balaban J connectivity index is 2.14. The van der Waals surface area contributed by atoms with Crippen molar-refractivity contribution in [2.75, 3.05) is 11.0 Å². The van der Waals surface area contributed by atoms with E-state index < -0.39 is 28.2 Å². The van der Waals surface area contributed by atoms with Crippen LogP contribution in [0.5, 0.6) is 0 Å². The Morgan fingerprint density at radius 3 is 2.48 bits per heavy atom. The first-order valence-corrected chi connectivity index (χ1v) is 9.65. The van der Waals surface area contributed by atoms with E-state index in [1.54, 1.807) is 18.2 Å². The van der Waals surface area contributed by atoms with Crippen molar-refractivity contribution in [3.63, 3.8) is 0 Å². The van der Waals surface area contributed by atoms with Crippen LogP contribution in [0.25, 0.3) is 22.8 Å². The lowest BCUT2D eigenvalue weighted by atomic mass is 10.1. The zero-order valence-corrected chi connectivity index (χ0v) is 14.9. The van der Waals surface area contributed by atoms with Crippen LogP contribution in [0, 0.1) is 5.82 Å². The molecule has 140 valence electrons. The minimum absolute atomic E-state index is 0.0667. The van der Waals surface area contributed by atoms with Gasteiger partial charge >= 0.3 is 0 Å². The number of hydrogen-bond acceptors (Lipinski definition) is 6. The number of anilines is 1. The quantitative estimate of drug-likeness (QED) is 0.688. The first-order valence-electron chi connectivity index (χ1n) is 7.75. The molecule has 1 aromatic heterocycles. The lowest BCUT2D eigenvalue weighted by molar-refractivity contribution is -0.304. The number of nitrogens with zero attached hydrogens (tertiary/aromatic N) is 1. The molecule has 3 aromatic rings. The first-order chi connectivity index (χ1) is 12.7. The van der Waals surface area contributed by atoms with Crippen molar-refractivity contribution in [1.29, 1.82) is 0 Å². The molecule has 27 heavy (non-hydrogen) atoms. The summed E-state index contributed by atoms with van der Waals surface area (Å²) in [6, 6.07) is 11.7. The second kappa shape index (κ2) is 7.20. The first kappa shape index (κ1) is 18.6. The van der Waals surface area contributed by atoms with Crippen LogP contribution >= 0.6 is 0 Å². The third kappa shape index (κ3) is 4.50. The molecule has 0 saturated carbocycles. The second-order valence-corrected chi connectivity index (χ2v) is 7.52. The van der Waals surface area contributed by atoms with Gasteiger partial charge in [-0.1, -0.05) is 12.1 Å². The highest BCUT2D eigenvalue weighted by atomic mass is 32.2. The molecule has 0 aliphatic carbocycles. The molecule has 0 saturated heterocycles. The topological polar surface area (TPSA) is 112 Å². The van der Waals surface area contributed by atoms with Gasteiger partial charge in [0.05, 0.1) is 17.6 Å². The van der Waals surface area contributed by atoms with Crippen molar-refractivity contribution in [2.24, 2.45) is 0 Å². The van der Waals surface area contributed by atoms with Gasteiger partial charge in [0.2, 0.25) is 15.9 Å². The normalized spacial score (nSPS) is 11.3. The van der Waals surface area contributed by atoms with Gasteiger partial charge in [0, 0.05) is 23.5 Å². The van der Waals surface area contributed by atoms with Crippen molar-refractivity contribution < 1.29 is 27.1 Å². The summed E-state index contributed by atoms with van der Waals surface area (Å²) in [6.45, 7) is 0. The highest BCUT2D eigenvalue weighted by Gasteiger charge is 2.20. The molecule has 1 heterocycles. The number of rotatable bonds is 6. The SMILES string of the molecule is CS(=O)(=O)Nc1ccccc1-c1oc(-c2ccc(F)cc2)nc1CC(=O)[O-]. The number of carboxylic acid groups (broad SMARTS) is 1. The fourth-order valence-electron chi connectivity index (χ4n) is 2.50. The Morgan fingerprint density at radius 2 is 1.85 bits per heavy atom. The number of aliphatic carboxylic acids is 1. The smallest absolute Gasteiger partial charge is 0.229 e. The molecule has 0 aliphatic rings. The third-order valence-electron chi connectivity index (χ3n) is 3.57.